The third-order valence-corrected chi connectivity index (χ3v) is 12.4. The Hall–Kier alpha value is -5.46. The van der Waals surface area contributed by atoms with Gasteiger partial charge in [0.25, 0.3) is 0 Å². The number of hydrogen-bond donors (Lipinski definition) is 2. The fourth-order valence-corrected chi connectivity index (χ4v) is 9.02. The maximum absolute atomic E-state index is 14.9. The number of nitrogens with two attached hydrogens (primary N) is 1. The average molecular weight is 848 g/mol. The van der Waals surface area contributed by atoms with Crippen LogP contribution in [0, 0.1) is 23.3 Å². The molecule has 0 amide bonds. The van der Waals surface area contributed by atoms with E-state index in [4.69, 9.17) is 26.7 Å². The van der Waals surface area contributed by atoms with Gasteiger partial charge in [-0.25, -0.2) is 45.6 Å². The molecule has 0 fully saturated rings. The summed E-state index contributed by atoms with van der Waals surface area (Å²) in [5, 5.41) is 26.5. The fraction of sp³-hybridized carbons (Fsp3) is 0.0769. The van der Waals surface area contributed by atoms with E-state index < -0.39 is 39.2 Å². The molecule has 0 aliphatic carbocycles. The molecule has 4 heterocycles. The molecule has 3 N–H and O–H groups in total. The fourth-order valence-electron chi connectivity index (χ4n) is 6.17. The Morgan fingerprint density at radius 1 is 0.789 bits per heavy atom. The largest absolute Gasteiger partial charge is 0.493 e. The number of benzene rings is 4. The van der Waals surface area contributed by atoms with E-state index in [1.165, 1.54) is 57.6 Å². The zero-order chi connectivity index (χ0) is 40.0. The van der Waals surface area contributed by atoms with Crippen LogP contribution in [0.15, 0.2) is 118 Å². The normalized spacial score (nSPS) is 11.9. The molecular formula is C39H26ClF4N7O3S3. The van der Waals surface area contributed by atoms with Crippen LogP contribution in [0.1, 0.15) is 22.5 Å². The molecule has 0 atom stereocenters. The van der Waals surface area contributed by atoms with Crippen LogP contribution in [-0.2, 0) is 27.9 Å². The molecule has 288 valence electrons. The Labute approximate surface area is 335 Å². The van der Waals surface area contributed by atoms with Crippen molar-refractivity contribution < 1.29 is 31.1 Å². The highest BCUT2D eigenvalue weighted by molar-refractivity contribution is 7.98. The first-order valence-corrected chi connectivity index (χ1v) is 20.7. The third kappa shape index (κ3) is 7.68. The van der Waals surface area contributed by atoms with Crippen molar-refractivity contribution in [1.29, 1.82) is 0 Å². The van der Waals surface area contributed by atoms with Gasteiger partial charge in [0.05, 0.1) is 39.6 Å². The summed E-state index contributed by atoms with van der Waals surface area (Å²) < 4.78 is 84.7. The lowest BCUT2D eigenvalue weighted by Gasteiger charge is -2.15. The number of nitrogens with zero attached hydrogens (tertiary/aromatic N) is 6. The minimum atomic E-state index is -4.12. The van der Waals surface area contributed by atoms with Crippen LogP contribution in [0.25, 0.3) is 33.8 Å². The lowest BCUT2D eigenvalue weighted by molar-refractivity contribution is 0.436. The number of primary sulfonamides is 1. The Kier molecular flexibility index (Phi) is 10.4. The van der Waals surface area contributed by atoms with E-state index in [1.807, 2.05) is 30.3 Å². The Morgan fingerprint density at radius 3 is 2.14 bits per heavy atom. The van der Waals surface area contributed by atoms with Gasteiger partial charge in [-0.15, -0.1) is 23.5 Å². The molecule has 0 bridgehead atoms. The molecule has 4 aromatic carbocycles. The molecule has 0 aliphatic heterocycles. The van der Waals surface area contributed by atoms with Gasteiger partial charge in [-0.2, -0.15) is 14.7 Å². The predicted octanol–water partition coefficient (Wildman–Crippen LogP) is 8.84. The standard InChI is InChI=1S/C39H26ClF4N7O3S3/c40-25-15-22(12-13-33(25)57(45,53)54)28-17-34-48-29(20-56-32-11-5-9-27(42)37(32)44)35(39(52)51(34)49-28)30-16-24(19-55-31-10-4-8-26(41)36(31)43)47-38-23(18-46-50(30)38)14-21-6-2-1-3-7-21/h1-13,15-18,52H,14,19-20H2,(H2,45,53,54). The van der Waals surface area contributed by atoms with Gasteiger partial charge in [0, 0.05) is 44.9 Å². The molecule has 0 saturated heterocycles. The quantitative estimate of drug-likeness (QED) is 0.0965. The lowest BCUT2D eigenvalue weighted by atomic mass is 10.1. The summed E-state index contributed by atoms with van der Waals surface area (Å²) >= 11 is 8.25. The molecule has 57 heavy (non-hydrogen) atoms. The summed E-state index contributed by atoms with van der Waals surface area (Å²) in [4.78, 5) is 9.48. The predicted molar refractivity (Wildman–Crippen MR) is 210 cm³/mol. The van der Waals surface area contributed by atoms with E-state index in [1.54, 1.807) is 12.3 Å². The second-order valence-corrected chi connectivity index (χ2v) is 16.6. The number of fused-ring (bicyclic) bond motifs is 2. The highest BCUT2D eigenvalue weighted by Gasteiger charge is 2.25. The lowest BCUT2D eigenvalue weighted by Crippen LogP contribution is -2.12. The number of thioether (sulfide) groups is 2. The zero-order valence-corrected chi connectivity index (χ0v) is 32.3. The van der Waals surface area contributed by atoms with Crippen LogP contribution in [0.4, 0.5) is 17.6 Å². The maximum atomic E-state index is 14.9. The summed E-state index contributed by atoms with van der Waals surface area (Å²) in [6, 6.07) is 24.5. The highest BCUT2D eigenvalue weighted by atomic mass is 35.5. The van der Waals surface area contributed by atoms with E-state index in [9.17, 15) is 31.1 Å². The van der Waals surface area contributed by atoms with Crippen molar-refractivity contribution in [1.82, 2.24) is 29.2 Å². The molecule has 10 nitrogen and oxygen atoms in total. The second kappa shape index (κ2) is 15.5. The Balaban J connectivity index is 1.31. The smallest absolute Gasteiger partial charge is 0.239 e. The number of hydrogen-bond acceptors (Lipinski definition) is 9. The molecule has 0 aliphatic rings. The van der Waals surface area contributed by atoms with Crippen molar-refractivity contribution in [2.75, 3.05) is 0 Å². The molecule has 8 rings (SSSR count). The molecule has 8 aromatic rings. The summed E-state index contributed by atoms with van der Waals surface area (Å²) in [5.74, 6) is -4.47. The van der Waals surface area contributed by atoms with Gasteiger partial charge in [0.1, 0.15) is 4.90 Å². The number of halogens is 5. The highest BCUT2D eigenvalue weighted by Crippen LogP contribution is 2.39. The van der Waals surface area contributed by atoms with Gasteiger partial charge in [-0.1, -0.05) is 60.1 Å². The first-order chi connectivity index (χ1) is 27.4. The van der Waals surface area contributed by atoms with Crippen molar-refractivity contribution >= 4 is 56.4 Å². The molecule has 0 spiro atoms. The third-order valence-electron chi connectivity index (χ3n) is 8.85. The van der Waals surface area contributed by atoms with Crippen molar-refractivity contribution in [3.8, 4) is 28.4 Å². The summed E-state index contributed by atoms with van der Waals surface area (Å²) in [7, 11) is -4.12. The summed E-state index contributed by atoms with van der Waals surface area (Å²) in [6.45, 7) is 0. The van der Waals surface area contributed by atoms with Crippen molar-refractivity contribution in [3.63, 3.8) is 0 Å². The topological polar surface area (TPSA) is 141 Å². The van der Waals surface area contributed by atoms with Crippen LogP contribution in [0.2, 0.25) is 5.02 Å². The molecule has 0 saturated carbocycles. The number of rotatable bonds is 11. The van der Waals surface area contributed by atoms with Crippen LogP contribution < -0.4 is 5.14 Å². The van der Waals surface area contributed by atoms with Gasteiger partial charge in [0.2, 0.25) is 15.9 Å². The number of aromatic hydroxyl groups is 1. The van der Waals surface area contributed by atoms with E-state index in [2.05, 4.69) is 10.2 Å². The molecule has 18 heteroatoms. The SMILES string of the molecule is NS(=O)(=O)c1ccc(-c2cc3nc(CSc4cccc(F)c4F)c(-c4cc(CSc5cccc(F)c5F)nc5c(Cc6ccccc6)cnn45)c(O)n3n2)cc1Cl. The van der Waals surface area contributed by atoms with Gasteiger partial charge in [-0.05, 0) is 48.0 Å². The molecule has 0 unspecified atom stereocenters. The first-order valence-electron chi connectivity index (χ1n) is 16.8. The van der Waals surface area contributed by atoms with Gasteiger partial charge >= 0.3 is 0 Å². The second-order valence-electron chi connectivity index (χ2n) is 12.6. The molecule has 4 aromatic heterocycles. The van der Waals surface area contributed by atoms with Crippen LogP contribution >= 0.6 is 35.1 Å². The van der Waals surface area contributed by atoms with Crippen molar-refractivity contribution in [2.24, 2.45) is 5.14 Å². The Bertz CT molecular complexity index is 2970. The molecular weight excluding hydrogens is 822 g/mol. The van der Waals surface area contributed by atoms with Crippen molar-refractivity contribution in [3.05, 3.63) is 154 Å². The van der Waals surface area contributed by atoms with Crippen LogP contribution in [0.3, 0.4) is 0 Å². The first kappa shape index (κ1) is 38.4. The van der Waals surface area contributed by atoms with Crippen LogP contribution in [-0.4, -0.2) is 42.7 Å². The maximum Gasteiger partial charge on any atom is 0.239 e. The summed E-state index contributed by atoms with van der Waals surface area (Å²) in [5.41, 5.74) is 3.94. The number of sulfonamides is 1. The molecule has 0 radical (unpaired) electrons. The summed E-state index contributed by atoms with van der Waals surface area (Å²) in [6.07, 6.45) is 2.08. The van der Waals surface area contributed by atoms with E-state index in [0.29, 0.717) is 23.3 Å². The van der Waals surface area contributed by atoms with Crippen LogP contribution in [0.5, 0.6) is 5.88 Å². The van der Waals surface area contributed by atoms with Crippen molar-refractivity contribution in [2.45, 2.75) is 32.6 Å². The van der Waals surface area contributed by atoms with E-state index >= 15 is 0 Å². The Morgan fingerprint density at radius 2 is 1.47 bits per heavy atom. The van der Waals surface area contributed by atoms with Gasteiger partial charge < -0.3 is 5.11 Å². The average Bonchev–Trinajstić information content (AvgIpc) is 3.80. The minimum absolute atomic E-state index is 0.000724. The minimum Gasteiger partial charge on any atom is -0.493 e. The van der Waals surface area contributed by atoms with E-state index in [-0.39, 0.29) is 59.5 Å². The van der Waals surface area contributed by atoms with Gasteiger partial charge in [-0.3, -0.25) is 0 Å². The van der Waals surface area contributed by atoms with E-state index in [0.717, 1.165) is 46.8 Å². The monoisotopic (exact) mass is 847 g/mol. The zero-order valence-electron chi connectivity index (χ0n) is 29.1. The number of aromatic nitrogens is 6. The van der Waals surface area contributed by atoms with Gasteiger partial charge in [0.15, 0.2) is 34.6 Å².